The van der Waals surface area contributed by atoms with Gasteiger partial charge in [-0.15, -0.1) is 12.4 Å². The van der Waals surface area contributed by atoms with E-state index in [0.717, 1.165) is 48.4 Å². The van der Waals surface area contributed by atoms with Crippen molar-refractivity contribution < 1.29 is 4.79 Å². The number of carbonyl (C=O) groups is 1. The lowest BCUT2D eigenvalue weighted by Crippen LogP contribution is -2.43. The number of hydrogen-bond acceptors (Lipinski definition) is 3. The van der Waals surface area contributed by atoms with Crippen LogP contribution in [0.15, 0.2) is 47.4 Å². The number of H-pyrrole nitrogens is 1. The van der Waals surface area contributed by atoms with Crippen LogP contribution in [0.2, 0.25) is 0 Å². The Labute approximate surface area is 159 Å². The SMILES string of the molecule is CC1CCC([C@H](N)C(=O)Nc2ccc(-c3cc[nH]c(=O)c3)cc2)CC1.Cl. The molecule has 4 N–H and O–H groups in total. The molecule has 6 heteroatoms. The minimum atomic E-state index is -0.458. The lowest BCUT2D eigenvalue weighted by molar-refractivity contribution is -0.118. The van der Waals surface area contributed by atoms with Gasteiger partial charge in [-0.25, -0.2) is 0 Å². The average Bonchev–Trinajstić information content (AvgIpc) is 2.62. The molecule has 1 aromatic heterocycles. The summed E-state index contributed by atoms with van der Waals surface area (Å²) in [6.07, 6.45) is 5.97. The Kier molecular flexibility index (Phi) is 7.00. The topological polar surface area (TPSA) is 88.0 Å². The van der Waals surface area contributed by atoms with Crippen LogP contribution >= 0.6 is 12.4 Å². The first kappa shape index (κ1) is 20.2. The van der Waals surface area contributed by atoms with Gasteiger partial charge >= 0.3 is 0 Å². The molecule has 2 aromatic rings. The van der Waals surface area contributed by atoms with E-state index in [4.69, 9.17) is 5.73 Å². The zero-order valence-corrected chi connectivity index (χ0v) is 15.7. The van der Waals surface area contributed by atoms with Crippen molar-refractivity contribution >= 4 is 24.0 Å². The molecule has 26 heavy (non-hydrogen) atoms. The summed E-state index contributed by atoms with van der Waals surface area (Å²) in [5.41, 5.74) is 8.52. The fourth-order valence-electron chi connectivity index (χ4n) is 3.45. The van der Waals surface area contributed by atoms with Crippen LogP contribution in [-0.2, 0) is 4.79 Å². The Morgan fingerprint density at radius 3 is 2.38 bits per heavy atom. The smallest absolute Gasteiger partial charge is 0.248 e. The van der Waals surface area contributed by atoms with Gasteiger partial charge < -0.3 is 16.0 Å². The highest BCUT2D eigenvalue weighted by Gasteiger charge is 2.28. The summed E-state index contributed by atoms with van der Waals surface area (Å²) in [5.74, 6) is 0.888. The van der Waals surface area contributed by atoms with Gasteiger partial charge in [0.25, 0.3) is 0 Å². The van der Waals surface area contributed by atoms with Gasteiger partial charge in [0.15, 0.2) is 0 Å². The number of anilines is 1. The third kappa shape index (κ3) is 4.96. The van der Waals surface area contributed by atoms with Crippen molar-refractivity contribution in [3.8, 4) is 11.1 Å². The summed E-state index contributed by atoms with van der Waals surface area (Å²) in [7, 11) is 0. The zero-order chi connectivity index (χ0) is 17.8. The second-order valence-electron chi connectivity index (χ2n) is 7.05. The monoisotopic (exact) mass is 375 g/mol. The quantitative estimate of drug-likeness (QED) is 0.763. The van der Waals surface area contributed by atoms with Gasteiger partial charge in [-0.05, 0) is 54.0 Å². The fourth-order valence-corrected chi connectivity index (χ4v) is 3.45. The summed E-state index contributed by atoms with van der Waals surface area (Å²) < 4.78 is 0. The van der Waals surface area contributed by atoms with E-state index in [-0.39, 0.29) is 29.8 Å². The highest BCUT2D eigenvalue weighted by Crippen LogP contribution is 2.30. The van der Waals surface area contributed by atoms with Crippen LogP contribution in [0.1, 0.15) is 32.6 Å². The normalized spacial score (nSPS) is 20.7. The molecule has 1 fully saturated rings. The maximum absolute atomic E-state index is 12.4. The molecule has 0 bridgehead atoms. The van der Waals surface area contributed by atoms with Crippen molar-refractivity contribution in [1.29, 1.82) is 0 Å². The number of nitrogens with one attached hydrogen (secondary N) is 2. The third-order valence-corrected chi connectivity index (χ3v) is 5.13. The van der Waals surface area contributed by atoms with Gasteiger partial charge in [0.2, 0.25) is 11.5 Å². The number of rotatable bonds is 4. The van der Waals surface area contributed by atoms with E-state index in [1.807, 2.05) is 30.3 Å². The van der Waals surface area contributed by atoms with Crippen LogP contribution in [-0.4, -0.2) is 16.9 Å². The van der Waals surface area contributed by atoms with Crippen molar-refractivity contribution in [2.24, 2.45) is 17.6 Å². The van der Waals surface area contributed by atoms with E-state index in [1.54, 1.807) is 12.3 Å². The van der Waals surface area contributed by atoms with Gasteiger partial charge in [-0.2, -0.15) is 0 Å². The predicted octanol–water partition coefficient (Wildman–Crippen LogP) is 3.56. The zero-order valence-electron chi connectivity index (χ0n) is 14.9. The van der Waals surface area contributed by atoms with Crippen LogP contribution in [0.25, 0.3) is 11.1 Å². The summed E-state index contributed by atoms with van der Waals surface area (Å²) in [4.78, 5) is 26.4. The highest BCUT2D eigenvalue weighted by molar-refractivity contribution is 5.95. The van der Waals surface area contributed by atoms with Crippen molar-refractivity contribution in [3.63, 3.8) is 0 Å². The van der Waals surface area contributed by atoms with Gasteiger partial charge in [-0.3, -0.25) is 9.59 Å². The highest BCUT2D eigenvalue weighted by atomic mass is 35.5. The van der Waals surface area contributed by atoms with E-state index >= 15 is 0 Å². The Morgan fingerprint density at radius 2 is 1.77 bits per heavy atom. The van der Waals surface area contributed by atoms with E-state index in [1.165, 1.54) is 0 Å². The molecule has 1 aliphatic rings. The first-order valence-electron chi connectivity index (χ1n) is 8.88. The van der Waals surface area contributed by atoms with Gasteiger partial charge in [0.05, 0.1) is 6.04 Å². The average molecular weight is 376 g/mol. The number of halogens is 1. The summed E-state index contributed by atoms with van der Waals surface area (Å²) in [6, 6.07) is 10.4. The maximum Gasteiger partial charge on any atom is 0.248 e. The van der Waals surface area contributed by atoms with E-state index in [0.29, 0.717) is 0 Å². The van der Waals surface area contributed by atoms with Crippen LogP contribution in [0, 0.1) is 11.8 Å². The third-order valence-electron chi connectivity index (χ3n) is 5.13. The van der Waals surface area contributed by atoms with Gasteiger partial charge in [0, 0.05) is 18.0 Å². The Bertz CT molecular complexity index is 780. The summed E-state index contributed by atoms with van der Waals surface area (Å²) >= 11 is 0. The minimum Gasteiger partial charge on any atom is -0.329 e. The number of carbonyl (C=O) groups excluding carboxylic acids is 1. The number of benzene rings is 1. The van der Waals surface area contributed by atoms with Crippen LogP contribution in [0.5, 0.6) is 0 Å². The lowest BCUT2D eigenvalue weighted by atomic mass is 9.79. The summed E-state index contributed by atoms with van der Waals surface area (Å²) in [5, 5.41) is 2.91. The van der Waals surface area contributed by atoms with Crippen LogP contribution in [0.4, 0.5) is 5.69 Å². The van der Waals surface area contributed by atoms with Crippen LogP contribution in [0.3, 0.4) is 0 Å². The molecule has 140 valence electrons. The molecule has 5 nitrogen and oxygen atoms in total. The molecule has 1 heterocycles. The predicted molar refractivity (Wildman–Crippen MR) is 107 cm³/mol. The number of pyridine rings is 1. The van der Waals surface area contributed by atoms with Crippen molar-refractivity contribution in [2.45, 2.75) is 38.6 Å². The number of nitrogens with two attached hydrogens (primary N) is 1. The second-order valence-corrected chi connectivity index (χ2v) is 7.05. The second kappa shape index (κ2) is 9.01. The van der Waals surface area contributed by atoms with Gasteiger partial charge in [0.1, 0.15) is 0 Å². The Hall–Kier alpha value is -2.11. The van der Waals surface area contributed by atoms with Crippen molar-refractivity contribution in [1.82, 2.24) is 4.98 Å². The molecule has 0 spiro atoms. The molecule has 1 atom stereocenters. The molecule has 1 aromatic carbocycles. The summed E-state index contributed by atoms with van der Waals surface area (Å²) in [6.45, 7) is 2.25. The molecular weight excluding hydrogens is 350 g/mol. The molecule has 1 aliphatic carbocycles. The van der Waals surface area contributed by atoms with Crippen LogP contribution < -0.4 is 16.6 Å². The lowest BCUT2D eigenvalue weighted by Gasteiger charge is -2.29. The number of amides is 1. The minimum absolute atomic E-state index is 0. The molecule has 0 saturated heterocycles. The van der Waals surface area contributed by atoms with Crippen molar-refractivity contribution in [3.05, 3.63) is 52.9 Å². The fraction of sp³-hybridized carbons (Fsp3) is 0.400. The Morgan fingerprint density at radius 1 is 1.12 bits per heavy atom. The molecule has 0 radical (unpaired) electrons. The molecular formula is C20H26ClN3O2. The van der Waals surface area contributed by atoms with Gasteiger partial charge in [-0.1, -0.05) is 31.9 Å². The van der Waals surface area contributed by atoms with E-state index in [2.05, 4.69) is 17.2 Å². The van der Waals surface area contributed by atoms with Crippen molar-refractivity contribution in [2.75, 3.05) is 5.32 Å². The number of aromatic amines is 1. The number of hydrogen-bond donors (Lipinski definition) is 3. The molecule has 0 aliphatic heterocycles. The van der Waals surface area contributed by atoms with E-state index < -0.39 is 6.04 Å². The molecule has 0 unspecified atom stereocenters. The largest absolute Gasteiger partial charge is 0.329 e. The van der Waals surface area contributed by atoms with E-state index in [9.17, 15) is 9.59 Å². The first-order chi connectivity index (χ1) is 12.0. The first-order valence-corrected chi connectivity index (χ1v) is 8.88. The standard InChI is InChI=1S/C20H25N3O2.ClH/c1-13-2-4-15(5-3-13)19(21)20(25)23-17-8-6-14(7-9-17)16-10-11-22-18(24)12-16;/h6-13,15,19H,2-5,21H2,1H3,(H,22,24)(H,23,25);1H/t13?,15?,19-;/m0./s1. The molecule has 1 amide bonds. The number of aromatic nitrogens is 1. The Balaban J connectivity index is 0.00000243. The molecule has 1 saturated carbocycles. The maximum atomic E-state index is 12.4. The molecule has 3 rings (SSSR count).